The van der Waals surface area contributed by atoms with Crippen LogP contribution in [0.2, 0.25) is 0 Å². The molecule has 0 atom stereocenters. The second-order valence-electron chi connectivity index (χ2n) is 2.50. The third kappa shape index (κ3) is 1.50. The Labute approximate surface area is 69.8 Å². The highest BCUT2D eigenvalue weighted by molar-refractivity contribution is 5.55. The highest BCUT2D eigenvalue weighted by Gasteiger charge is 2.14. The third-order valence-electron chi connectivity index (χ3n) is 1.39. The van der Waals surface area contributed by atoms with Crippen LogP contribution in [0.25, 0.3) is 0 Å². The Morgan fingerprint density at radius 2 is 2.25 bits per heavy atom. The fraction of sp³-hybridized carbons (Fsp3) is 0.286. The topological polar surface area (TPSA) is 59.3 Å². The van der Waals surface area contributed by atoms with Crippen LogP contribution < -0.4 is 4.90 Å². The van der Waals surface area contributed by atoms with Crippen LogP contribution in [-0.4, -0.2) is 24.0 Å². The molecule has 0 fully saturated rings. The number of hydrogen-bond donors (Lipinski definition) is 0. The van der Waals surface area contributed by atoms with Crippen molar-refractivity contribution in [1.82, 2.24) is 4.98 Å². The zero-order valence-corrected chi connectivity index (χ0v) is 6.89. The minimum atomic E-state index is -0.442. The lowest BCUT2D eigenvalue weighted by molar-refractivity contribution is -0.384. The lowest BCUT2D eigenvalue weighted by Gasteiger charge is -2.09. The van der Waals surface area contributed by atoms with Gasteiger partial charge in [0.2, 0.25) is 5.82 Å². The van der Waals surface area contributed by atoms with Gasteiger partial charge in [-0.05, 0) is 6.07 Å². The summed E-state index contributed by atoms with van der Waals surface area (Å²) in [7, 11) is 3.44. The Hall–Kier alpha value is -1.65. The van der Waals surface area contributed by atoms with Crippen molar-refractivity contribution < 1.29 is 4.92 Å². The Morgan fingerprint density at radius 1 is 1.58 bits per heavy atom. The van der Waals surface area contributed by atoms with E-state index in [1.54, 1.807) is 25.1 Å². The van der Waals surface area contributed by atoms with E-state index in [0.717, 1.165) is 0 Å². The summed E-state index contributed by atoms with van der Waals surface area (Å²) in [6.45, 7) is 0. The second kappa shape index (κ2) is 3.17. The summed E-state index contributed by atoms with van der Waals surface area (Å²) in [4.78, 5) is 15.5. The molecule has 0 bridgehead atoms. The van der Waals surface area contributed by atoms with Crippen LogP contribution in [0.5, 0.6) is 0 Å². The monoisotopic (exact) mass is 167 g/mol. The third-order valence-corrected chi connectivity index (χ3v) is 1.39. The smallest absolute Gasteiger partial charge is 0.311 e. The first-order chi connectivity index (χ1) is 5.63. The summed E-state index contributed by atoms with van der Waals surface area (Å²) in [6.07, 6.45) is 1.53. The summed E-state index contributed by atoms with van der Waals surface area (Å²) < 4.78 is 0. The van der Waals surface area contributed by atoms with Gasteiger partial charge in [0.05, 0.1) is 4.92 Å². The Balaban J connectivity index is 3.17. The lowest BCUT2D eigenvalue weighted by atomic mass is 10.4. The molecule has 1 rings (SSSR count). The van der Waals surface area contributed by atoms with Crippen molar-refractivity contribution in [3.63, 3.8) is 0 Å². The summed E-state index contributed by atoms with van der Waals surface area (Å²) in [5, 5.41) is 10.5. The summed E-state index contributed by atoms with van der Waals surface area (Å²) in [5.41, 5.74) is 0.0301. The van der Waals surface area contributed by atoms with E-state index in [0.29, 0.717) is 5.82 Å². The van der Waals surface area contributed by atoms with Gasteiger partial charge in [-0.25, -0.2) is 4.98 Å². The Kier molecular flexibility index (Phi) is 2.23. The van der Waals surface area contributed by atoms with E-state index in [-0.39, 0.29) is 5.69 Å². The average molecular weight is 167 g/mol. The first-order valence-corrected chi connectivity index (χ1v) is 3.39. The van der Waals surface area contributed by atoms with E-state index in [2.05, 4.69) is 4.98 Å². The molecule has 0 aliphatic rings. The molecule has 64 valence electrons. The van der Waals surface area contributed by atoms with Gasteiger partial charge in [-0.1, -0.05) is 0 Å². The van der Waals surface area contributed by atoms with Gasteiger partial charge < -0.3 is 4.90 Å². The quantitative estimate of drug-likeness (QED) is 0.488. The molecular weight excluding hydrogens is 158 g/mol. The molecule has 0 saturated heterocycles. The maximum absolute atomic E-state index is 10.5. The number of pyridine rings is 1. The van der Waals surface area contributed by atoms with Gasteiger partial charge in [-0.3, -0.25) is 10.1 Å². The van der Waals surface area contributed by atoms with Gasteiger partial charge in [-0.15, -0.1) is 0 Å². The first-order valence-electron chi connectivity index (χ1n) is 3.39. The number of anilines is 1. The molecular formula is C7H9N3O2. The fourth-order valence-electron chi connectivity index (χ4n) is 0.876. The Bertz CT molecular complexity index is 298. The van der Waals surface area contributed by atoms with E-state index < -0.39 is 4.92 Å². The average Bonchev–Trinajstić information content (AvgIpc) is 2.04. The molecule has 0 amide bonds. The molecule has 1 aromatic rings. The van der Waals surface area contributed by atoms with Crippen LogP contribution in [0.3, 0.4) is 0 Å². The van der Waals surface area contributed by atoms with Crippen molar-refractivity contribution in [1.29, 1.82) is 0 Å². The SMILES string of the molecule is CN(C)c1ncccc1[N+](=O)[O-]. The zero-order chi connectivity index (χ0) is 9.14. The minimum absolute atomic E-state index is 0.0301. The van der Waals surface area contributed by atoms with Gasteiger partial charge in [0.15, 0.2) is 0 Å². The van der Waals surface area contributed by atoms with Crippen molar-refractivity contribution in [3.05, 3.63) is 28.4 Å². The van der Waals surface area contributed by atoms with Crippen molar-refractivity contribution in [2.45, 2.75) is 0 Å². The van der Waals surface area contributed by atoms with Crippen LogP contribution in [0.1, 0.15) is 0 Å². The molecule has 0 spiro atoms. The van der Waals surface area contributed by atoms with Gasteiger partial charge in [-0.2, -0.15) is 0 Å². The van der Waals surface area contributed by atoms with Crippen molar-refractivity contribution >= 4 is 11.5 Å². The molecule has 12 heavy (non-hydrogen) atoms. The van der Waals surface area contributed by atoms with Gasteiger partial charge >= 0.3 is 5.69 Å². The second-order valence-corrected chi connectivity index (χ2v) is 2.50. The molecule has 1 heterocycles. The predicted octanol–water partition coefficient (Wildman–Crippen LogP) is 1.06. The van der Waals surface area contributed by atoms with E-state index in [1.165, 1.54) is 12.3 Å². The van der Waals surface area contributed by atoms with Gasteiger partial charge in [0, 0.05) is 26.4 Å². The molecule has 0 saturated carbocycles. The molecule has 5 nitrogen and oxygen atoms in total. The highest BCUT2D eigenvalue weighted by atomic mass is 16.6. The number of nitrogens with zero attached hydrogens (tertiary/aromatic N) is 3. The summed E-state index contributed by atoms with van der Waals surface area (Å²) in [5.74, 6) is 0.377. The van der Waals surface area contributed by atoms with Gasteiger partial charge in [0.25, 0.3) is 0 Å². The van der Waals surface area contributed by atoms with Gasteiger partial charge in [0.1, 0.15) is 0 Å². The minimum Gasteiger partial charge on any atom is -0.357 e. The van der Waals surface area contributed by atoms with Crippen molar-refractivity contribution in [2.24, 2.45) is 0 Å². The summed E-state index contributed by atoms with van der Waals surface area (Å²) in [6, 6.07) is 2.98. The maximum Gasteiger partial charge on any atom is 0.311 e. The van der Waals surface area contributed by atoms with Crippen LogP contribution in [-0.2, 0) is 0 Å². The molecule has 5 heteroatoms. The number of hydrogen-bond acceptors (Lipinski definition) is 4. The van der Waals surface area contributed by atoms with Crippen LogP contribution in [0, 0.1) is 10.1 Å². The standard InChI is InChI=1S/C7H9N3O2/c1-9(2)7-6(10(11)12)4-3-5-8-7/h3-5H,1-2H3. The van der Waals surface area contributed by atoms with E-state index in [9.17, 15) is 10.1 Å². The number of nitro groups is 1. The van der Waals surface area contributed by atoms with Crippen molar-refractivity contribution in [3.8, 4) is 0 Å². The Morgan fingerprint density at radius 3 is 2.67 bits per heavy atom. The van der Waals surface area contributed by atoms with Crippen LogP contribution >= 0.6 is 0 Å². The molecule has 0 aliphatic carbocycles. The predicted molar refractivity (Wildman–Crippen MR) is 45.2 cm³/mol. The summed E-state index contributed by atoms with van der Waals surface area (Å²) >= 11 is 0. The molecule has 0 N–H and O–H groups in total. The highest BCUT2D eigenvalue weighted by Crippen LogP contribution is 2.21. The molecule has 0 unspecified atom stereocenters. The number of aromatic nitrogens is 1. The maximum atomic E-state index is 10.5. The molecule has 0 aliphatic heterocycles. The van der Waals surface area contributed by atoms with E-state index >= 15 is 0 Å². The molecule has 0 aromatic carbocycles. The normalized spacial score (nSPS) is 9.50. The largest absolute Gasteiger partial charge is 0.357 e. The first kappa shape index (κ1) is 8.45. The fourth-order valence-corrected chi connectivity index (χ4v) is 0.876. The van der Waals surface area contributed by atoms with Crippen LogP contribution in [0.15, 0.2) is 18.3 Å². The zero-order valence-electron chi connectivity index (χ0n) is 6.89. The van der Waals surface area contributed by atoms with Crippen LogP contribution in [0.4, 0.5) is 11.5 Å². The molecule has 0 radical (unpaired) electrons. The van der Waals surface area contributed by atoms with Crippen molar-refractivity contribution in [2.75, 3.05) is 19.0 Å². The molecule has 1 aromatic heterocycles. The van der Waals surface area contributed by atoms with E-state index in [1.807, 2.05) is 0 Å². The van der Waals surface area contributed by atoms with E-state index in [4.69, 9.17) is 0 Å². The lowest BCUT2D eigenvalue weighted by Crippen LogP contribution is -2.12. The number of rotatable bonds is 2.